The van der Waals surface area contributed by atoms with Gasteiger partial charge < -0.3 is 4.42 Å². The van der Waals surface area contributed by atoms with Crippen LogP contribution in [-0.2, 0) is 10.5 Å². The van der Waals surface area contributed by atoms with E-state index in [1.807, 2.05) is 12.1 Å². The maximum Gasteiger partial charge on any atom is 0.250 e. The average Bonchev–Trinajstić information content (AvgIpc) is 3.37. The molecule has 0 spiro atoms. The summed E-state index contributed by atoms with van der Waals surface area (Å²) in [6.07, 6.45) is 4.57. The molecule has 1 amide bonds. The van der Waals surface area contributed by atoms with Gasteiger partial charge in [-0.15, -0.1) is 10.2 Å². The van der Waals surface area contributed by atoms with Gasteiger partial charge in [-0.25, -0.2) is 0 Å². The van der Waals surface area contributed by atoms with Crippen molar-refractivity contribution in [3.8, 4) is 0 Å². The van der Waals surface area contributed by atoms with Crippen LogP contribution in [0, 0.1) is 0 Å². The van der Waals surface area contributed by atoms with Crippen molar-refractivity contribution >= 4 is 51.0 Å². The monoisotopic (exact) mass is 393 g/mol. The number of furan rings is 1. The summed E-state index contributed by atoms with van der Waals surface area (Å²) in [7, 11) is 0. The van der Waals surface area contributed by atoms with E-state index in [9.17, 15) is 4.79 Å². The van der Waals surface area contributed by atoms with E-state index in [0.29, 0.717) is 10.9 Å². The van der Waals surface area contributed by atoms with Crippen LogP contribution in [0.15, 0.2) is 75.7 Å². The second-order valence-corrected chi connectivity index (χ2v) is 7.84. The molecule has 0 aliphatic rings. The predicted octanol–water partition coefficient (Wildman–Crippen LogP) is 5.23. The smallest absolute Gasteiger partial charge is 0.250 e. The summed E-state index contributed by atoms with van der Waals surface area (Å²) in [5.41, 5.74) is 1.25. The summed E-state index contributed by atoms with van der Waals surface area (Å²) < 4.78 is 5.96. The molecule has 4 rings (SSSR count). The van der Waals surface area contributed by atoms with E-state index in [0.717, 1.165) is 10.1 Å². The van der Waals surface area contributed by atoms with Crippen LogP contribution in [0.2, 0.25) is 0 Å². The highest BCUT2D eigenvalue weighted by Crippen LogP contribution is 2.30. The van der Waals surface area contributed by atoms with E-state index in [1.54, 1.807) is 36.2 Å². The summed E-state index contributed by atoms with van der Waals surface area (Å²) in [5.74, 6) is 1.14. The first kappa shape index (κ1) is 17.5. The fourth-order valence-electron chi connectivity index (χ4n) is 2.57. The number of fused-ring (bicyclic) bond motifs is 1. The lowest BCUT2D eigenvalue weighted by Crippen LogP contribution is -2.07. The van der Waals surface area contributed by atoms with Gasteiger partial charge in [0.25, 0.3) is 0 Å². The van der Waals surface area contributed by atoms with Gasteiger partial charge >= 0.3 is 0 Å². The lowest BCUT2D eigenvalue weighted by molar-refractivity contribution is -0.111. The number of amides is 1. The van der Waals surface area contributed by atoms with E-state index in [-0.39, 0.29) is 5.91 Å². The number of carbonyl (C=O) groups excluding carboxylic acids is 1. The topological polar surface area (TPSA) is 68.0 Å². The van der Waals surface area contributed by atoms with Gasteiger partial charge in [-0.05, 0) is 34.5 Å². The number of nitrogens with one attached hydrogen (secondary N) is 1. The van der Waals surface area contributed by atoms with Crippen molar-refractivity contribution in [2.75, 3.05) is 5.32 Å². The van der Waals surface area contributed by atoms with Crippen LogP contribution in [0.4, 0.5) is 5.13 Å². The van der Waals surface area contributed by atoms with Gasteiger partial charge in [-0.3, -0.25) is 10.1 Å². The molecule has 0 atom stereocenters. The zero-order valence-electron chi connectivity index (χ0n) is 14.2. The van der Waals surface area contributed by atoms with Gasteiger partial charge in [0.2, 0.25) is 11.0 Å². The van der Waals surface area contributed by atoms with E-state index >= 15 is 0 Å². The molecule has 0 aliphatic heterocycles. The highest BCUT2D eigenvalue weighted by molar-refractivity contribution is 8.00. The van der Waals surface area contributed by atoms with Crippen molar-refractivity contribution in [3.63, 3.8) is 0 Å². The van der Waals surface area contributed by atoms with Gasteiger partial charge in [0.1, 0.15) is 5.76 Å². The highest BCUT2D eigenvalue weighted by Gasteiger charge is 2.08. The molecule has 5 nitrogen and oxygen atoms in total. The van der Waals surface area contributed by atoms with Gasteiger partial charge in [0.15, 0.2) is 4.34 Å². The molecule has 0 radical (unpaired) electrons. The number of nitrogens with zero attached hydrogens (tertiary/aromatic N) is 2. The lowest BCUT2D eigenvalue weighted by atomic mass is 10.1. The molecule has 2 heterocycles. The van der Waals surface area contributed by atoms with Crippen LogP contribution >= 0.6 is 23.1 Å². The quantitative estimate of drug-likeness (QED) is 0.276. The molecule has 4 aromatic rings. The molecule has 0 bridgehead atoms. The minimum absolute atomic E-state index is 0.270. The number of benzene rings is 2. The zero-order chi connectivity index (χ0) is 18.5. The largest absolute Gasteiger partial charge is 0.465 e. The van der Waals surface area contributed by atoms with Crippen molar-refractivity contribution < 1.29 is 9.21 Å². The van der Waals surface area contributed by atoms with E-state index in [4.69, 9.17) is 4.42 Å². The third kappa shape index (κ3) is 4.45. The van der Waals surface area contributed by atoms with Gasteiger partial charge in [-0.1, -0.05) is 65.6 Å². The Morgan fingerprint density at radius 3 is 2.89 bits per heavy atom. The molecular formula is C20H15N3O2S2. The third-order valence-electron chi connectivity index (χ3n) is 3.81. The van der Waals surface area contributed by atoms with Crippen molar-refractivity contribution in [1.82, 2.24) is 10.2 Å². The molecule has 0 saturated heterocycles. The Kier molecular flexibility index (Phi) is 5.32. The SMILES string of the molecule is O=C(C=Cc1ccco1)Nc1nnc(SCc2cccc3ccccc23)s1. The number of hydrogen-bond acceptors (Lipinski definition) is 6. The Labute approximate surface area is 164 Å². The van der Waals surface area contributed by atoms with Crippen LogP contribution in [0.1, 0.15) is 11.3 Å². The minimum Gasteiger partial charge on any atom is -0.465 e. The molecule has 134 valence electrons. The van der Waals surface area contributed by atoms with E-state index < -0.39 is 0 Å². The minimum atomic E-state index is -0.270. The number of carbonyl (C=O) groups is 1. The summed E-state index contributed by atoms with van der Waals surface area (Å²) in [5, 5.41) is 13.8. The fraction of sp³-hybridized carbons (Fsp3) is 0.0500. The number of rotatable bonds is 6. The lowest BCUT2D eigenvalue weighted by Gasteiger charge is -2.04. The van der Waals surface area contributed by atoms with E-state index in [1.165, 1.54) is 33.7 Å². The van der Waals surface area contributed by atoms with Gasteiger partial charge in [-0.2, -0.15) is 0 Å². The Balaban J connectivity index is 1.37. The molecule has 2 aromatic carbocycles. The normalized spacial score (nSPS) is 11.3. The van der Waals surface area contributed by atoms with Crippen LogP contribution in [0.25, 0.3) is 16.8 Å². The third-order valence-corrected chi connectivity index (χ3v) is 5.83. The summed E-state index contributed by atoms with van der Waals surface area (Å²) in [6.45, 7) is 0. The number of hydrogen-bond donors (Lipinski definition) is 1. The molecule has 0 aliphatic carbocycles. The number of anilines is 1. The molecule has 2 aromatic heterocycles. The average molecular weight is 393 g/mol. The second-order valence-electron chi connectivity index (χ2n) is 5.64. The van der Waals surface area contributed by atoms with Gasteiger partial charge in [0, 0.05) is 11.8 Å². The van der Waals surface area contributed by atoms with Crippen molar-refractivity contribution in [2.45, 2.75) is 10.1 Å². The maximum atomic E-state index is 11.9. The second kappa shape index (κ2) is 8.20. The Hall–Kier alpha value is -2.90. The predicted molar refractivity (Wildman–Crippen MR) is 110 cm³/mol. The molecule has 7 heteroatoms. The molecule has 0 fully saturated rings. The first-order valence-electron chi connectivity index (χ1n) is 8.23. The fourth-order valence-corrected chi connectivity index (χ4v) is 4.33. The number of aromatic nitrogens is 2. The summed E-state index contributed by atoms with van der Waals surface area (Å²) >= 11 is 2.97. The maximum absolute atomic E-state index is 11.9. The Morgan fingerprint density at radius 2 is 2.00 bits per heavy atom. The van der Waals surface area contributed by atoms with Crippen molar-refractivity contribution in [3.05, 3.63) is 78.3 Å². The van der Waals surface area contributed by atoms with E-state index in [2.05, 4.69) is 45.8 Å². The van der Waals surface area contributed by atoms with Crippen LogP contribution in [-0.4, -0.2) is 16.1 Å². The Morgan fingerprint density at radius 1 is 1.11 bits per heavy atom. The van der Waals surface area contributed by atoms with Crippen molar-refractivity contribution in [1.29, 1.82) is 0 Å². The molecule has 1 N–H and O–H groups in total. The van der Waals surface area contributed by atoms with Crippen LogP contribution < -0.4 is 5.32 Å². The number of thioether (sulfide) groups is 1. The Bertz CT molecular complexity index is 1080. The molecule has 0 saturated carbocycles. The molecule has 0 unspecified atom stereocenters. The highest BCUT2D eigenvalue weighted by atomic mass is 32.2. The standard InChI is InChI=1S/C20H15N3O2S2/c24-18(11-10-16-8-4-12-25-16)21-19-22-23-20(27-19)26-13-15-7-3-6-14-5-1-2-9-17(14)15/h1-12H,13H2,(H,21,22,24). The first-order chi connectivity index (χ1) is 13.3. The van der Waals surface area contributed by atoms with Gasteiger partial charge in [0.05, 0.1) is 6.26 Å². The van der Waals surface area contributed by atoms with Crippen LogP contribution in [0.5, 0.6) is 0 Å². The molecular weight excluding hydrogens is 378 g/mol. The molecule has 27 heavy (non-hydrogen) atoms. The first-order valence-corrected chi connectivity index (χ1v) is 10.0. The summed E-state index contributed by atoms with van der Waals surface area (Å²) in [6, 6.07) is 18.2. The summed E-state index contributed by atoms with van der Waals surface area (Å²) in [4.78, 5) is 11.9. The van der Waals surface area contributed by atoms with Crippen molar-refractivity contribution in [2.24, 2.45) is 0 Å². The zero-order valence-corrected chi connectivity index (χ0v) is 15.8. The van der Waals surface area contributed by atoms with Crippen LogP contribution in [0.3, 0.4) is 0 Å².